The summed E-state index contributed by atoms with van der Waals surface area (Å²) in [7, 11) is 0. The molecule has 3 aromatic rings. The lowest BCUT2D eigenvalue weighted by Gasteiger charge is -2.32. The lowest BCUT2D eigenvalue weighted by Crippen LogP contribution is -2.40. The summed E-state index contributed by atoms with van der Waals surface area (Å²) in [6, 6.07) is 15.1. The normalized spacial score (nSPS) is 16.7. The Morgan fingerprint density at radius 2 is 1.93 bits per heavy atom. The molecule has 30 heavy (non-hydrogen) atoms. The molecule has 4 rings (SSSR count). The van der Waals surface area contributed by atoms with Crippen LogP contribution in [0.15, 0.2) is 58.2 Å². The van der Waals surface area contributed by atoms with Gasteiger partial charge in [-0.05, 0) is 55.2 Å². The van der Waals surface area contributed by atoms with Crippen LogP contribution in [0.4, 0.5) is 0 Å². The number of hydrogen-bond acceptors (Lipinski definition) is 4. The van der Waals surface area contributed by atoms with E-state index in [2.05, 4.69) is 20.9 Å². The number of hydrogen-bond donors (Lipinski definition) is 1. The smallest absolute Gasteiger partial charge is 0.323 e. The van der Waals surface area contributed by atoms with E-state index in [9.17, 15) is 14.7 Å². The number of imidazole rings is 1. The molecule has 0 saturated carbocycles. The van der Waals surface area contributed by atoms with Crippen LogP contribution in [0, 0.1) is 5.92 Å². The van der Waals surface area contributed by atoms with E-state index >= 15 is 0 Å². The van der Waals surface area contributed by atoms with Crippen LogP contribution in [0.1, 0.15) is 23.2 Å². The zero-order valence-electron chi connectivity index (χ0n) is 16.3. The van der Waals surface area contributed by atoms with Gasteiger partial charge in [-0.2, -0.15) is 0 Å². The van der Waals surface area contributed by atoms with Gasteiger partial charge in [-0.1, -0.05) is 39.8 Å². The number of carbonyl (C=O) groups is 2. The maximum atomic E-state index is 12.8. The van der Waals surface area contributed by atoms with Gasteiger partial charge in [0.25, 0.3) is 5.91 Å². The van der Waals surface area contributed by atoms with Crippen molar-refractivity contribution in [3.63, 3.8) is 0 Å². The highest BCUT2D eigenvalue weighted by Gasteiger charge is 2.25. The van der Waals surface area contributed by atoms with Gasteiger partial charge in [0.05, 0.1) is 11.0 Å². The number of amides is 1. The first-order valence-corrected chi connectivity index (χ1v) is 11.6. The largest absolute Gasteiger partial charge is 0.480 e. The molecule has 1 unspecified atom stereocenters. The van der Waals surface area contributed by atoms with Gasteiger partial charge in [-0.25, -0.2) is 4.98 Å². The van der Waals surface area contributed by atoms with Crippen LogP contribution in [-0.4, -0.2) is 50.3 Å². The molecule has 6 nitrogen and oxygen atoms in total. The van der Waals surface area contributed by atoms with Crippen molar-refractivity contribution in [3.8, 4) is 0 Å². The van der Waals surface area contributed by atoms with Gasteiger partial charge in [0.2, 0.25) is 0 Å². The molecular formula is C22H22BrN3O3S. The molecule has 1 amide bonds. The molecule has 156 valence electrons. The van der Waals surface area contributed by atoms with E-state index in [0.29, 0.717) is 18.0 Å². The molecule has 1 aliphatic rings. The summed E-state index contributed by atoms with van der Waals surface area (Å²) in [4.78, 5) is 30.7. The van der Waals surface area contributed by atoms with Crippen molar-refractivity contribution >= 4 is 50.6 Å². The van der Waals surface area contributed by atoms with Crippen LogP contribution in [0.25, 0.3) is 11.0 Å². The maximum Gasteiger partial charge on any atom is 0.323 e. The highest BCUT2D eigenvalue weighted by atomic mass is 79.9. The minimum Gasteiger partial charge on any atom is -0.480 e. The van der Waals surface area contributed by atoms with Crippen LogP contribution < -0.4 is 0 Å². The number of thioether (sulfide) groups is 1. The number of rotatable bonds is 6. The maximum absolute atomic E-state index is 12.8. The Hall–Kier alpha value is -2.32. The van der Waals surface area contributed by atoms with E-state index < -0.39 is 5.97 Å². The van der Waals surface area contributed by atoms with Crippen molar-refractivity contribution < 1.29 is 14.7 Å². The Bertz CT molecular complexity index is 1070. The van der Waals surface area contributed by atoms with Crippen LogP contribution >= 0.6 is 27.7 Å². The highest BCUT2D eigenvalue weighted by Crippen LogP contribution is 2.29. The number of carboxylic acid groups (broad SMARTS) is 1. The second-order valence-corrected chi connectivity index (χ2v) is 9.34. The van der Waals surface area contributed by atoms with Gasteiger partial charge in [0, 0.05) is 28.9 Å². The average Bonchev–Trinajstić information content (AvgIpc) is 3.09. The second-order valence-electron chi connectivity index (χ2n) is 7.44. The monoisotopic (exact) mass is 487 g/mol. The first kappa shape index (κ1) is 20.9. The van der Waals surface area contributed by atoms with Gasteiger partial charge < -0.3 is 14.6 Å². The van der Waals surface area contributed by atoms with Crippen molar-refractivity contribution in [2.24, 2.45) is 5.92 Å². The number of likely N-dealkylation sites (tertiary alicyclic amines) is 1. The van der Waals surface area contributed by atoms with E-state index in [1.54, 1.807) is 16.3 Å². The van der Waals surface area contributed by atoms with Crippen LogP contribution in [0.3, 0.4) is 0 Å². The number of aliphatic carboxylic acids is 1. The summed E-state index contributed by atoms with van der Waals surface area (Å²) in [5.74, 6) is 0.327. The summed E-state index contributed by atoms with van der Waals surface area (Å²) in [6.45, 7) is 1.37. The fraction of sp³-hybridized carbons (Fsp3) is 0.318. The first-order valence-electron chi connectivity index (χ1n) is 9.86. The van der Waals surface area contributed by atoms with Crippen molar-refractivity contribution in [3.05, 3.63) is 58.6 Å². The molecular weight excluding hydrogens is 466 g/mol. The molecule has 1 aliphatic heterocycles. The van der Waals surface area contributed by atoms with Gasteiger partial charge in [0.15, 0.2) is 5.16 Å². The topological polar surface area (TPSA) is 75.4 Å². The molecule has 1 N–H and O–H groups in total. The van der Waals surface area contributed by atoms with Crippen LogP contribution in [-0.2, 0) is 11.3 Å². The summed E-state index contributed by atoms with van der Waals surface area (Å²) in [6.07, 6.45) is 2.02. The molecule has 2 heterocycles. The zero-order valence-corrected chi connectivity index (χ0v) is 18.7. The van der Waals surface area contributed by atoms with E-state index in [1.807, 2.05) is 53.4 Å². The molecule has 1 fully saturated rings. The summed E-state index contributed by atoms with van der Waals surface area (Å²) < 4.78 is 2.71. The van der Waals surface area contributed by atoms with Crippen molar-refractivity contribution in [2.75, 3.05) is 18.8 Å². The number of aromatic nitrogens is 2. The number of fused-ring (bicyclic) bond motifs is 1. The molecule has 8 heteroatoms. The summed E-state index contributed by atoms with van der Waals surface area (Å²) in [5, 5.41) is 10.0. The Kier molecular flexibility index (Phi) is 6.43. The number of piperidine rings is 1. The number of nitrogens with zero attached hydrogens (tertiary/aromatic N) is 3. The number of para-hydroxylation sites is 2. The number of carbonyl (C=O) groups excluding carboxylic acids is 1. The summed E-state index contributed by atoms with van der Waals surface area (Å²) >= 11 is 4.98. The number of benzene rings is 2. The number of carboxylic acids is 1. The predicted molar refractivity (Wildman–Crippen MR) is 121 cm³/mol. The fourth-order valence-electron chi connectivity index (χ4n) is 3.80. The van der Waals surface area contributed by atoms with Gasteiger partial charge in [-0.15, -0.1) is 0 Å². The zero-order chi connectivity index (χ0) is 21.1. The van der Waals surface area contributed by atoms with Gasteiger partial charge in [-0.3, -0.25) is 9.59 Å². The third-order valence-corrected chi connectivity index (χ3v) is 7.00. The minimum atomic E-state index is -0.885. The third kappa shape index (κ3) is 4.70. The molecule has 1 saturated heterocycles. The van der Waals surface area contributed by atoms with E-state index in [0.717, 1.165) is 45.8 Å². The van der Waals surface area contributed by atoms with Crippen molar-refractivity contribution in [1.29, 1.82) is 0 Å². The van der Waals surface area contributed by atoms with Crippen LogP contribution in [0.2, 0.25) is 0 Å². The van der Waals surface area contributed by atoms with Crippen LogP contribution in [0.5, 0.6) is 0 Å². The Balaban J connectivity index is 1.44. The fourth-order valence-corrected chi connectivity index (χ4v) is 5.21. The summed E-state index contributed by atoms with van der Waals surface area (Å²) in [5.41, 5.74) is 2.34. The molecule has 0 spiro atoms. The van der Waals surface area contributed by atoms with Gasteiger partial charge in [0.1, 0.15) is 6.54 Å². The molecule has 1 aromatic heterocycles. The first-order chi connectivity index (χ1) is 14.5. The second kappa shape index (κ2) is 9.22. The van der Waals surface area contributed by atoms with E-state index in [4.69, 9.17) is 0 Å². The highest BCUT2D eigenvalue weighted by molar-refractivity contribution is 9.10. The lowest BCUT2D eigenvalue weighted by molar-refractivity contribution is -0.137. The quantitative estimate of drug-likeness (QED) is 0.517. The molecule has 2 aromatic carbocycles. The SMILES string of the molecule is O=C(O)Cn1c(SCC2CCCN(C(=O)c3ccc(Br)cc3)C2)nc2ccccc21. The minimum absolute atomic E-state index is 0.0651. The Morgan fingerprint density at radius 3 is 2.70 bits per heavy atom. The Morgan fingerprint density at radius 1 is 1.17 bits per heavy atom. The number of halogens is 1. The molecule has 0 bridgehead atoms. The molecule has 0 aliphatic carbocycles. The van der Waals surface area contributed by atoms with Crippen molar-refractivity contribution in [2.45, 2.75) is 24.5 Å². The van der Waals surface area contributed by atoms with Crippen molar-refractivity contribution in [1.82, 2.24) is 14.5 Å². The third-order valence-electron chi connectivity index (χ3n) is 5.26. The Labute approximate surface area is 187 Å². The average molecular weight is 488 g/mol. The van der Waals surface area contributed by atoms with Gasteiger partial charge >= 0.3 is 5.97 Å². The van der Waals surface area contributed by atoms with E-state index in [-0.39, 0.29) is 12.5 Å². The lowest BCUT2D eigenvalue weighted by atomic mass is 9.99. The molecule has 0 radical (unpaired) electrons. The predicted octanol–water partition coefficient (Wildman–Crippen LogP) is 4.53. The standard InChI is InChI=1S/C22H22BrN3O3S/c23-17-9-7-16(8-10-17)21(29)25-11-3-4-15(12-25)14-30-22-24-18-5-1-2-6-19(18)26(22)13-20(27)28/h1-2,5-10,15H,3-4,11-14H2,(H,27,28). The molecule has 1 atom stereocenters. The van der Waals surface area contributed by atoms with E-state index in [1.165, 1.54) is 0 Å².